The number of ether oxygens (including phenoxy) is 1. The molecule has 0 N–H and O–H groups in total. The Morgan fingerprint density at radius 1 is 1.13 bits per heavy atom. The minimum Gasteiger partial charge on any atom is -0.484 e. The van der Waals surface area contributed by atoms with E-state index in [-0.39, 0.29) is 30.5 Å². The van der Waals surface area contributed by atoms with Crippen molar-refractivity contribution in [3.63, 3.8) is 0 Å². The Hall–Kier alpha value is -2.86. The Kier molecular flexibility index (Phi) is 6.01. The smallest absolute Gasteiger partial charge is 0.261 e. The molecule has 1 fully saturated rings. The first-order valence-corrected chi connectivity index (χ1v) is 10.8. The number of hydrogen-bond acceptors (Lipinski definition) is 5. The molecule has 3 aromatic rings. The molecule has 0 saturated heterocycles. The van der Waals surface area contributed by atoms with E-state index < -0.39 is 0 Å². The van der Waals surface area contributed by atoms with Crippen molar-refractivity contribution in [2.45, 2.75) is 51.6 Å². The third kappa shape index (κ3) is 5.25. The van der Waals surface area contributed by atoms with E-state index in [4.69, 9.17) is 20.8 Å². The Bertz CT molecular complexity index is 1050. The lowest BCUT2D eigenvalue weighted by Gasteiger charge is -2.21. The molecule has 162 valence electrons. The van der Waals surface area contributed by atoms with E-state index in [9.17, 15) is 4.79 Å². The fraction of sp³-hybridized carbons (Fsp3) is 0.375. The van der Waals surface area contributed by atoms with Gasteiger partial charge in [0.05, 0.1) is 17.1 Å². The van der Waals surface area contributed by atoms with E-state index in [2.05, 4.69) is 31.0 Å². The third-order valence-corrected chi connectivity index (χ3v) is 5.60. The predicted octanol–water partition coefficient (Wildman–Crippen LogP) is 5.26. The van der Waals surface area contributed by atoms with Crippen LogP contribution in [0.25, 0.3) is 11.5 Å². The quantitative estimate of drug-likeness (QED) is 0.502. The van der Waals surface area contributed by atoms with Gasteiger partial charge in [0.15, 0.2) is 6.61 Å². The molecule has 2 aromatic carbocycles. The Labute approximate surface area is 187 Å². The second-order valence-corrected chi connectivity index (χ2v) is 9.20. The van der Waals surface area contributed by atoms with Crippen LogP contribution in [0.2, 0.25) is 5.02 Å². The van der Waals surface area contributed by atoms with Crippen LogP contribution in [0.4, 0.5) is 0 Å². The van der Waals surface area contributed by atoms with Crippen molar-refractivity contribution >= 4 is 17.5 Å². The maximum atomic E-state index is 12.8. The van der Waals surface area contributed by atoms with Crippen molar-refractivity contribution in [1.29, 1.82) is 0 Å². The molecule has 1 saturated carbocycles. The van der Waals surface area contributed by atoms with E-state index in [1.54, 1.807) is 11.0 Å². The van der Waals surface area contributed by atoms with Crippen LogP contribution in [0.3, 0.4) is 0 Å². The maximum Gasteiger partial charge on any atom is 0.261 e. The van der Waals surface area contributed by atoms with E-state index >= 15 is 0 Å². The minimum atomic E-state index is -0.0973. The lowest BCUT2D eigenvalue weighted by Crippen LogP contribution is -2.36. The number of amides is 1. The van der Waals surface area contributed by atoms with Gasteiger partial charge in [0, 0.05) is 6.04 Å². The van der Waals surface area contributed by atoms with E-state index in [0.29, 0.717) is 28.1 Å². The van der Waals surface area contributed by atoms with Gasteiger partial charge in [-0.15, -0.1) is 10.2 Å². The number of rotatable bonds is 7. The van der Waals surface area contributed by atoms with Gasteiger partial charge in [-0.1, -0.05) is 56.6 Å². The van der Waals surface area contributed by atoms with Gasteiger partial charge in [-0.2, -0.15) is 0 Å². The second-order valence-electron chi connectivity index (χ2n) is 8.80. The SMILES string of the molecule is CC(C)(C)c1ccc(OCC(=O)N(Cc2nnc(-c3ccccc3Cl)o2)C2CC2)cc1. The normalized spacial score (nSPS) is 13.8. The zero-order chi connectivity index (χ0) is 22.0. The van der Waals surface area contributed by atoms with Gasteiger partial charge in [0.25, 0.3) is 5.91 Å². The summed E-state index contributed by atoms with van der Waals surface area (Å²) >= 11 is 6.21. The summed E-state index contributed by atoms with van der Waals surface area (Å²) in [5, 5.41) is 8.74. The van der Waals surface area contributed by atoms with Crippen LogP contribution in [0, 0.1) is 0 Å². The number of carbonyl (C=O) groups excluding carboxylic acids is 1. The van der Waals surface area contributed by atoms with Gasteiger partial charge in [0.2, 0.25) is 11.8 Å². The van der Waals surface area contributed by atoms with Gasteiger partial charge in [-0.05, 0) is 48.1 Å². The van der Waals surface area contributed by atoms with Crippen LogP contribution in [0.1, 0.15) is 45.1 Å². The number of halogens is 1. The first-order valence-electron chi connectivity index (χ1n) is 10.4. The monoisotopic (exact) mass is 439 g/mol. The molecule has 0 bridgehead atoms. The van der Waals surface area contributed by atoms with Crippen LogP contribution in [-0.2, 0) is 16.8 Å². The largest absolute Gasteiger partial charge is 0.484 e. The highest BCUT2D eigenvalue weighted by molar-refractivity contribution is 6.33. The summed E-state index contributed by atoms with van der Waals surface area (Å²) in [5.41, 5.74) is 1.97. The van der Waals surface area contributed by atoms with Crippen molar-refractivity contribution in [3.8, 4) is 17.2 Å². The van der Waals surface area contributed by atoms with Crippen LogP contribution >= 0.6 is 11.6 Å². The first kappa shape index (κ1) is 21.4. The summed E-state index contributed by atoms with van der Waals surface area (Å²) in [5.74, 6) is 1.31. The molecule has 1 aromatic heterocycles. The lowest BCUT2D eigenvalue weighted by molar-refractivity contribution is -0.134. The van der Waals surface area contributed by atoms with Crippen LogP contribution in [0.15, 0.2) is 52.9 Å². The summed E-state index contributed by atoms with van der Waals surface area (Å²) in [7, 11) is 0. The molecule has 31 heavy (non-hydrogen) atoms. The van der Waals surface area contributed by atoms with Gasteiger partial charge >= 0.3 is 0 Å². The van der Waals surface area contributed by atoms with Crippen LogP contribution in [-0.4, -0.2) is 33.7 Å². The number of aromatic nitrogens is 2. The Morgan fingerprint density at radius 3 is 2.48 bits per heavy atom. The zero-order valence-corrected chi connectivity index (χ0v) is 18.7. The van der Waals surface area contributed by atoms with Gasteiger partial charge < -0.3 is 14.1 Å². The molecule has 0 radical (unpaired) electrons. The fourth-order valence-corrected chi connectivity index (χ4v) is 3.51. The Balaban J connectivity index is 1.39. The number of hydrogen-bond donors (Lipinski definition) is 0. The molecule has 1 aliphatic rings. The minimum absolute atomic E-state index is 0.0309. The van der Waals surface area contributed by atoms with Crippen molar-refractivity contribution in [2.75, 3.05) is 6.61 Å². The average Bonchev–Trinajstić information content (AvgIpc) is 3.48. The molecular weight excluding hydrogens is 414 g/mol. The molecule has 1 amide bonds. The molecule has 1 aliphatic carbocycles. The summed E-state index contributed by atoms with van der Waals surface area (Å²) in [6.45, 7) is 6.71. The number of carbonyl (C=O) groups is 1. The van der Waals surface area contributed by atoms with Crippen LogP contribution in [0.5, 0.6) is 5.75 Å². The predicted molar refractivity (Wildman–Crippen MR) is 119 cm³/mol. The van der Waals surface area contributed by atoms with Crippen molar-refractivity contribution in [1.82, 2.24) is 15.1 Å². The molecule has 4 rings (SSSR count). The lowest BCUT2D eigenvalue weighted by atomic mass is 9.87. The molecule has 0 atom stereocenters. The Morgan fingerprint density at radius 2 is 1.84 bits per heavy atom. The number of nitrogens with zero attached hydrogens (tertiary/aromatic N) is 3. The second kappa shape index (κ2) is 8.71. The van der Waals surface area contributed by atoms with Crippen molar-refractivity contribution in [2.24, 2.45) is 0 Å². The summed E-state index contributed by atoms with van der Waals surface area (Å²) in [6.07, 6.45) is 1.94. The third-order valence-electron chi connectivity index (χ3n) is 5.27. The highest BCUT2D eigenvalue weighted by Crippen LogP contribution is 2.30. The van der Waals surface area contributed by atoms with Crippen molar-refractivity contribution in [3.05, 3.63) is 65.0 Å². The van der Waals surface area contributed by atoms with E-state index in [1.165, 1.54) is 5.56 Å². The zero-order valence-electron chi connectivity index (χ0n) is 18.0. The standard InChI is InChI=1S/C24H26ClN3O3/c1-24(2,3)16-8-12-18(13-9-16)30-15-22(29)28(17-10-11-17)14-21-26-27-23(31-21)19-6-4-5-7-20(19)25/h4-9,12-13,17H,10-11,14-15H2,1-3H3. The summed E-state index contributed by atoms with van der Waals surface area (Å²) < 4.78 is 11.5. The maximum absolute atomic E-state index is 12.8. The molecule has 7 heteroatoms. The molecule has 0 aliphatic heterocycles. The molecule has 0 spiro atoms. The fourth-order valence-electron chi connectivity index (χ4n) is 3.29. The highest BCUT2D eigenvalue weighted by atomic mass is 35.5. The van der Waals surface area contributed by atoms with Crippen LogP contribution < -0.4 is 4.74 Å². The topological polar surface area (TPSA) is 68.5 Å². The molecular formula is C24H26ClN3O3. The summed E-state index contributed by atoms with van der Waals surface area (Å²) in [6, 6.07) is 15.4. The van der Waals surface area contributed by atoms with E-state index in [1.807, 2.05) is 42.5 Å². The first-order chi connectivity index (χ1) is 14.8. The van der Waals surface area contributed by atoms with Gasteiger partial charge in [0.1, 0.15) is 5.75 Å². The van der Waals surface area contributed by atoms with Crippen molar-refractivity contribution < 1.29 is 13.9 Å². The highest BCUT2D eigenvalue weighted by Gasteiger charge is 2.34. The van der Waals surface area contributed by atoms with Gasteiger partial charge in [-0.3, -0.25) is 4.79 Å². The average molecular weight is 440 g/mol. The molecule has 1 heterocycles. The van der Waals surface area contributed by atoms with Gasteiger partial charge in [-0.25, -0.2) is 0 Å². The number of benzene rings is 2. The molecule has 6 nitrogen and oxygen atoms in total. The van der Waals surface area contributed by atoms with E-state index in [0.717, 1.165) is 12.8 Å². The molecule has 0 unspecified atom stereocenters. The summed E-state index contributed by atoms with van der Waals surface area (Å²) in [4.78, 5) is 14.6.